The van der Waals surface area contributed by atoms with Gasteiger partial charge in [0.2, 0.25) is 0 Å². The molecule has 1 saturated heterocycles. The first-order valence-corrected chi connectivity index (χ1v) is 8.38. The second-order valence-electron chi connectivity index (χ2n) is 6.31. The predicted octanol–water partition coefficient (Wildman–Crippen LogP) is 3.24. The van der Waals surface area contributed by atoms with Crippen molar-refractivity contribution in [3.05, 3.63) is 28.8 Å². The van der Waals surface area contributed by atoms with Crippen molar-refractivity contribution >= 4 is 11.7 Å². The topological polar surface area (TPSA) is 35.6 Å². The molecule has 2 amide bonds. The zero-order chi connectivity index (χ0) is 16.1. The summed E-state index contributed by atoms with van der Waals surface area (Å²) in [4.78, 5) is 16.4. The first-order chi connectivity index (χ1) is 10.5. The van der Waals surface area contributed by atoms with Gasteiger partial charge in [-0.15, -0.1) is 0 Å². The van der Waals surface area contributed by atoms with E-state index in [2.05, 4.69) is 50.0 Å². The van der Waals surface area contributed by atoms with Gasteiger partial charge < -0.3 is 15.1 Å². The summed E-state index contributed by atoms with van der Waals surface area (Å²) in [5.74, 6) is 0. The summed E-state index contributed by atoms with van der Waals surface area (Å²) in [6.07, 6.45) is 2.16. The van der Waals surface area contributed by atoms with Gasteiger partial charge in [-0.3, -0.25) is 0 Å². The Morgan fingerprint density at radius 3 is 2.23 bits per heavy atom. The van der Waals surface area contributed by atoms with E-state index in [4.69, 9.17) is 0 Å². The largest absolute Gasteiger partial charge is 0.368 e. The summed E-state index contributed by atoms with van der Waals surface area (Å²) >= 11 is 0. The minimum atomic E-state index is 0.0884. The van der Waals surface area contributed by atoms with E-state index in [0.717, 1.165) is 45.6 Å². The van der Waals surface area contributed by atoms with Gasteiger partial charge in [0.1, 0.15) is 0 Å². The van der Waals surface area contributed by atoms with Crippen molar-refractivity contribution in [2.45, 2.75) is 40.5 Å². The number of hydrogen-bond donors (Lipinski definition) is 1. The van der Waals surface area contributed by atoms with Crippen LogP contribution in [0.25, 0.3) is 0 Å². The highest BCUT2D eigenvalue weighted by atomic mass is 16.2. The van der Waals surface area contributed by atoms with E-state index in [1.807, 2.05) is 4.90 Å². The molecule has 0 atom stereocenters. The number of rotatable bonds is 4. The van der Waals surface area contributed by atoms with Crippen LogP contribution >= 0.6 is 0 Å². The molecular formula is C18H29N3O. The lowest BCUT2D eigenvalue weighted by molar-refractivity contribution is 0.194. The van der Waals surface area contributed by atoms with Gasteiger partial charge >= 0.3 is 6.03 Å². The molecule has 1 aliphatic heterocycles. The number of carbonyl (C=O) groups excluding carboxylic acids is 1. The van der Waals surface area contributed by atoms with Crippen molar-refractivity contribution < 1.29 is 4.79 Å². The van der Waals surface area contributed by atoms with Crippen LogP contribution in [0, 0.1) is 20.8 Å². The van der Waals surface area contributed by atoms with Gasteiger partial charge in [0.25, 0.3) is 0 Å². The molecule has 4 nitrogen and oxygen atoms in total. The molecule has 2 rings (SSSR count). The monoisotopic (exact) mass is 303 g/mol. The normalized spacial score (nSPS) is 15.1. The SMILES string of the molecule is CCCCNC(=O)N1CCN(c2c(C)cc(C)cc2C)CC1. The van der Waals surface area contributed by atoms with Crippen LogP contribution in [0.4, 0.5) is 10.5 Å². The van der Waals surface area contributed by atoms with Crippen LogP contribution in [0.15, 0.2) is 12.1 Å². The maximum absolute atomic E-state index is 12.1. The number of amides is 2. The zero-order valence-corrected chi connectivity index (χ0v) is 14.4. The molecular weight excluding hydrogens is 274 g/mol. The van der Waals surface area contributed by atoms with E-state index in [1.165, 1.54) is 22.4 Å². The number of urea groups is 1. The molecule has 1 aromatic rings. The van der Waals surface area contributed by atoms with Gasteiger partial charge in [-0.05, 0) is 38.3 Å². The number of benzene rings is 1. The Labute approximate surface area is 134 Å². The van der Waals surface area contributed by atoms with E-state index < -0.39 is 0 Å². The fraction of sp³-hybridized carbons (Fsp3) is 0.611. The molecule has 1 heterocycles. The lowest BCUT2D eigenvalue weighted by Gasteiger charge is -2.37. The Kier molecular flexibility index (Phi) is 5.69. The van der Waals surface area contributed by atoms with E-state index >= 15 is 0 Å². The third-order valence-electron chi connectivity index (χ3n) is 4.33. The van der Waals surface area contributed by atoms with E-state index in [-0.39, 0.29) is 6.03 Å². The average Bonchev–Trinajstić information content (AvgIpc) is 2.47. The number of carbonyl (C=O) groups is 1. The maximum Gasteiger partial charge on any atom is 0.317 e. The summed E-state index contributed by atoms with van der Waals surface area (Å²) in [5, 5.41) is 3.01. The number of anilines is 1. The molecule has 1 N–H and O–H groups in total. The summed E-state index contributed by atoms with van der Waals surface area (Å²) in [5.41, 5.74) is 5.32. The molecule has 0 spiro atoms. The van der Waals surface area contributed by atoms with Gasteiger partial charge in [-0.1, -0.05) is 31.0 Å². The first kappa shape index (κ1) is 16.7. The van der Waals surface area contributed by atoms with Gasteiger partial charge in [0.05, 0.1) is 0 Å². The smallest absolute Gasteiger partial charge is 0.317 e. The van der Waals surface area contributed by atoms with E-state index in [1.54, 1.807) is 0 Å². The van der Waals surface area contributed by atoms with Crippen molar-refractivity contribution in [1.82, 2.24) is 10.2 Å². The van der Waals surface area contributed by atoms with Crippen LogP contribution in [-0.4, -0.2) is 43.7 Å². The summed E-state index contributed by atoms with van der Waals surface area (Å²) in [6.45, 7) is 12.8. The van der Waals surface area contributed by atoms with Gasteiger partial charge in [0, 0.05) is 38.4 Å². The number of piperazine rings is 1. The van der Waals surface area contributed by atoms with Gasteiger partial charge in [0.15, 0.2) is 0 Å². The van der Waals surface area contributed by atoms with Crippen molar-refractivity contribution in [2.75, 3.05) is 37.6 Å². The number of hydrogen-bond acceptors (Lipinski definition) is 2. The third-order valence-corrected chi connectivity index (χ3v) is 4.33. The maximum atomic E-state index is 12.1. The first-order valence-electron chi connectivity index (χ1n) is 8.38. The van der Waals surface area contributed by atoms with Crippen LogP contribution in [0.3, 0.4) is 0 Å². The molecule has 122 valence electrons. The molecule has 0 bridgehead atoms. The van der Waals surface area contributed by atoms with Crippen LogP contribution < -0.4 is 10.2 Å². The molecule has 1 fully saturated rings. The average molecular weight is 303 g/mol. The number of unbranched alkanes of at least 4 members (excludes halogenated alkanes) is 1. The van der Waals surface area contributed by atoms with Crippen LogP contribution in [-0.2, 0) is 0 Å². The van der Waals surface area contributed by atoms with Crippen molar-refractivity contribution in [3.8, 4) is 0 Å². The molecule has 1 aliphatic rings. The van der Waals surface area contributed by atoms with Crippen LogP contribution in [0.2, 0.25) is 0 Å². The highest BCUT2D eigenvalue weighted by Crippen LogP contribution is 2.27. The predicted molar refractivity (Wildman–Crippen MR) is 92.7 cm³/mol. The minimum absolute atomic E-state index is 0.0884. The fourth-order valence-corrected chi connectivity index (χ4v) is 3.29. The van der Waals surface area contributed by atoms with Crippen molar-refractivity contribution in [3.63, 3.8) is 0 Å². The number of aryl methyl sites for hydroxylation is 3. The van der Waals surface area contributed by atoms with Crippen LogP contribution in [0.1, 0.15) is 36.5 Å². The van der Waals surface area contributed by atoms with Crippen molar-refractivity contribution in [1.29, 1.82) is 0 Å². The van der Waals surface area contributed by atoms with Gasteiger partial charge in [-0.2, -0.15) is 0 Å². The van der Waals surface area contributed by atoms with E-state index in [0.29, 0.717) is 0 Å². The molecule has 0 aliphatic carbocycles. The number of nitrogens with zero attached hydrogens (tertiary/aromatic N) is 2. The molecule has 0 unspecified atom stereocenters. The quantitative estimate of drug-likeness (QED) is 0.867. The molecule has 0 radical (unpaired) electrons. The Morgan fingerprint density at radius 2 is 1.68 bits per heavy atom. The molecule has 0 saturated carbocycles. The van der Waals surface area contributed by atoms with Crippen LogP contribution in [0.5, 0.6) is 0 Å². The lowest BCUT2D eigenvalue weighted by Crippen LogP contribution is -2.52. The third kappa shape index (κ3) is 3.93. The fourth-order valence-electron chi connectivity index (χ4n) is 3.29. The van der Waals surface area contributed by atoms with Gasteiger partial charge in [-0.25, -0.2) is 4.79 Å². The van der Waals surface area contributed by atoms with E-state index in [9.17, 15) is 4.79 Å². The summed E-state index contributed by atoms with van der Waals surface area (Å²) in [7, 11) is 0. The molecule has 4 heteroatoms. The van der Waals surface area contributed by atoms with Crippen molar-refractivity contribution in [2.24, 2.45) is 0 Å². The Morgan fingerprint density at radius 1 is 1.09 bits per heavy atom. The second kappa shape index (κ2) is 7.52. The summed E-state index contributed by atoms with van der Waals surface area (Å²) in [6, 6.07) is 4.57. The standard InChI is InChI=1S/C18H29N3O/c1-5-6-7-19-18(22)21-10-8-20(9-11-21)17-15(3)12-14(2)13-16(17)4/h12-13H,5-11H2,1-4H3,(H,19,22). The second-order valence-corrected chi connectivity index (χ2v) is 6.31. The molecule has 0 aromatic heterocycles. The zero-order valence-electron chi connectivity index (χ0n) is 14.4. The molecule has 1 aromatic carbocycles. The Balaban J connectivity index is 1.94. The Bertz CT molecular complexity index is 496. The Hall–Kier alpha value is -1.71. The highest BCUT2D eigenvalue weighted by Gasteiger charge is 2.22. The summed E-state index contributed by atoms with van der Waals surface area (Å²) < 4.78 is 0. The minimum Gasteiger partial charge on any atom is -0.368 e. The lowest BCUT2D eigenvalue weighted by atomic mass is 10.0. The molecule has 22 heavy (non-hydrogen) atoms. The number of nitrogens with one attached hydrogen (secondary N) is 1. The highest BCUT2D eigenvalue weighted by molar-refractivity contribution is 5.74.